The van der Waals surface area contributed by atoms with E-state index < -0.39 is 0 Å². The molecule has 1 N–H and O–H groups in total. The zero-order valence-electron chi connectivity index (χ0n) is 17.3. The number of hydrogen-bond donors (Lipinski definition) is 1. The summed E-state index contributed by atoms with van der Waals surface area (Å²) in [7, 11) is 2.03. The monoisotopic (exact) mass is 427 g/mol. The van der Waals surface area contributed by atoms with E-state index in [1.54, 1.807) is 6.20 Å². The molecule has 154 valence electrons. The number of rotatable bonds is 3. The Morgan fingerprint density at radius 2 is 1.65 bits per heavy atom. The highest BCUT2D eigenvalue weighted by atomic mass is 35.5. The van der Waals surface area contributed by atoms with Gasteiger partial charge in [0.1, 0.15) is 5.65 Å². The van der Waals surface area contributed by atoms with Crippen molar-refractivity contribution in [3.8, 4) is 28.5 Å². The Morgan fingerprint density at radius 1 is 0.968 bits per heavy atom. The van der Waals surface area contributed by atoms with Gasteiger partial charge in [-0.3, -0.25) is 0 Å². The van der Waals surface area contributed by atoms with E-state index in [0.717, 1.165) is 59.6 Å². The first-order chi connectivity index (χ1) is 15.2. The smallest absolute Gasteiger partial charge is 0.142 e. The number of nitrogens with one attached hydrogen (secondary N) is 1. The van der Waals surface area contributed by atoms with Crippen molar-refractivity contribution in [3.05, 3.63) is 71.4 Å². The molecule has 1 aliphatic heterocycles. The quantitative estimate of drug-likeness (QED) is 0.508. The first kappa shape index (κ1) is 19.6. The number of nitriles is 1. The van der Waals surface area contributed by atoms with Crippen molar-refractivity contribution in [1.29, 1.82) is 5.26 Å². The molecule has 0 amide bonds. The number of nitrogens with zero attached hydrogens (tertiary/aromatic N) is 4. The Balaban J connectivity index is 1.68. The molecule has 0 aliphatic carbocycles. The topological polar surface area (TPSA) is 56.9 Å². The molecule has 0 saturated carbocycles. The lowest BCUT2D eigenvalue weighted by molar-refractivity contribution is 0.589. The van der Waals surface area contributed by atoms with E-state index in [9.17, 15) is 5.26 Å². The van der Waals surface area contributed by atoms with Crippen LogP contribution in [0.3, 0.4) is 0 Å². The minimum atomic E-state index is 0.634. The highest BCUT2D eigenvalue weighted by Gasteiger charge is 2.21. The van der Waals surface area contributed by atoms with Crippen LogP contribution in [0, 0.1) is 11.3 Å². The van der Waals surface area contributed by atoms with Gasteiger partial charge in [-0.2, -0.15) is 5.26 Å². The van der Waals surface area contributed by atoms with Gasteiger partial charge in [0.2, 0.25) is 0 Å². The number of aryl methyl sites for hydroxylation is 1. The summed E-state index contributed by atoms with van der Waals surface area (Å²) >= 11 is 6.65. The van der Waals surface area contributed by atoms with Gasteiger partial charge in [0.15, 0.2) is 0 Å². The summed E-state index contributed by atoms with van der Waals surface area (Å²) in [5, 5.41) is 14.2. The van der Waals surface area contributed by atoms with Crippen LogP contribution in [0.2, 0.25) is 5.02 Å². The molecule has 1 fully saturated rings. The summed E-state index contributed by atoms with van der Waals surface area (Å²) in [6.45, 7) is 4.06. The van der Waals surface area contributed by atoms with Crippen molar-refractivity contribution < 1.29 is 0 Å². The largest absolute Gasteiger partial charge is 0.369 e. The van der Waals surface area contributed by atoms with Crippen LogP contribution in [0.25, 0.3) is 33.4 Å². The highest BCUT2D eigenvalue weighted by Crippen LogP contribution is 2.42. The maximum absolute atomic E-state index is 9.19. The fraction of sp³-hybridized carbons (Fsp3) is 0.200. The van der Waals surface area contributed by atoms with Crippen molar-refractivity contribution in [1.82, 2.24) is 14.9 Å². The molecule has 4 aromatic rings. The Bertz CT molecular complexity index is 1280. The molecular formula is C25H22ClN5. The van der Waals surface area contributed by atoms with E-state index in [4.69, 9.17) is 11.6 Å². The molecule has 1 saturated heterocycles. The molecule has 2 aromatic heterocycles. The van der Waals surface area contributed by atoms with Gasteiger partial charge in [-0.1, -0.05) is 35.9 Å². The zero-order valence-corrected chi connectivity index (χ0v) is 18.0. The molecule has 1 aliphatic rings. The molecule has 0 bridgehead atoms. The molecule has 0 spiro atoms. The lowest BCUT2D eigenvalue weighted by Gasteiger charge is -2.29. The van der Waals surface area contributed by atoms with E-state index in [2.05, 4.69) is 50.1 Å². The van der Waals surface area contributed by atoms with Crippen LogP contribution in [0.5, 0.6) is 0 Å². The van der Waals surface area contributed by atoms with Crippen LogP contribution < -0.4 is 10.2 Å². The first-order valence-corrected chi connectivity index (χ1v) is 10.7. The van der Waals surface area contributed by atoms with E-state index in [-0.39, 0.29) is 0 Å². The summed E-state index contributed by atoms with van der Waals surface area (Å²) in [4.78, 5) is 7.01. The number of halogens is 1. The third-order valence-electron chi connectivity index (χ3n) is 5.95. The second-order valence-electron chi connectivity index (χ2n) is 7.75. The number of benzene rings is 2. The number of aromatic nitrogens is 2. The third-order valence-corrected chi connectivity index (χ3v) is 6.26. The summed E-state index contributed by atoms with van der Waals surface area (Å²) < 4.78 is 2.11. The number of hydrogen-bond acceptors (Lipinski definition) is 4. The van der Waals surface area contributed by atoms with E-state index >= 15 is 0 Å². The van der Waals surface area contributed by atoms with E-state index in [1.807, 2.05) is 37.4 Å². The van der Waals surface area contributed by atoms with Crippen molar-refractivity contribution in [3.63, 3.8) is 0 Å². The predicted octanol–water partition coefficient (Wildman–Crippen LogP) is 4.84. The van der Waals surface area contributed by atoms with Crippen LogP contribution >= 0.6 is 11.6 Å². The Morgan fingerprint density at radius 3 is 2.32 bits per heavy atom. The SMILES string of the molecule is Cn1c(-c2ccc(N3CCNCC3)cc2)c(-c2ccc(C#N)cc2)c2c(Cl)ccnc21. The zero-order chi connectivity index (χ0) is 21.4. The average molecular weight is 428 g/mol. The highest BCUT2D eigenvalue weighted by molar-refractivity contribution is 6.37. The molecule has 2 aromatic carbocycles. The average Bonchev–Trinajstić information content (AvgIpc) is 3.13. The Hall–Kier alpha value is -3.33. The molecule has 31 heavy (non-hydrogen) atoms. The number of anilines is 1. The Kier molecular flexibility index (Phi) is 5.11. The Labute approximate surface area is 186 Å². The summed E-state index contributed by atoms with van der Waals surface area (Å²) in [6, 6.07) is 20.4. The summed E-state index contributed by atoms with van der Waals surface area (Å²) in [5.74, 6) is 0. The van der Waals surface area contributed by atoms with Gasteiger partial charge in [0.25, 0.3) is 0 Å². The minimum Gasteiger partial charge on any atom is -0.369 e. The maximum Gasteiger partial charge on any atom is 0.142 e. The molecule has 3 heterocycles. The molecule has 0 atom stereocenters. The maximum atomic E-state index is 9.19. The number of fused-ring (bicyclic) bond motifs is 1. The number of pyridine rings is 1. The lowest BCUT2D eigenvalue weighted by Crippen LogP contribution is -2.43. The van der Waals surface area contributed by atoms with E-state index in [0.29, 0.717) is 10.6 Å². The molecule has 6 heteroatoms. The van der Waals surface area contributed by atoms with Crippen LogP contribution in [0.15, 0.2) is 60.8 Å². The van der Waals surface area contributed by atoms with Crippen molar-refractivity contribution in [2.45, 2.75) is 0 Å². The molecule has 0 radical (unpaired) electrons. The van der Waals surface area contributed by atoms with Gasteiger partial charge in [-0.05, 0) is 41.5 Å². The molecular weight excluding hydrogens is 406 g/mol. The standard InChI is InChI=1S/C25H22ClN5/c1-30-24(19-6-8-20(9-7-19)31-14-12-28-13-15-31)22(18-4-2-17(16-27)3-5-18)23-21(26)10-11-29-25(23)30/h2-11,28H,12-15H2,1H3. The fourth-order valence-corrected chi connectivity index (χ4v) is 4.62. The first-order valence-electron chi connectivity index (χ1n) is 10.4. The fourth-order valence-electron chi connectivity index (χ4n) is 4.39. The van der Waals surface area contributed by atoms with Gasteiger partial charge in [0, 0.05) is 56.1 Å². The van der Waals surface area contributed by atoms with Gasteiger partial charge in [-0.25, -0.2) is 4.98 Å². The molecule has 5 nitrogen and oxygen atoms in total. The van der Waals surface area contributed by atoms with Crippen LogP contribution in [0.1, 0.15) is 5.56 Å². The summed E-state index contributed by atoms with van der Waals surface area (Å²) in [6.07, 6.45) is 1.74. The predicted molar refractivity (Wildman–Crippen MR) is 126 cm³/mol. The van der Waals surface area contributed by atoms with Crippen molar-refractivity contribution in [2.75, 3.05) is 31.1 Å². The normalized spacial score (nSPS) is 14.0. The summed E-state index contributed by atoms with van der Waals surface area (Å²) in [5.41, 5.74) is 6.93. The van der Waals surface area contributed by atoms with Crippen LogP contribution in [0.4, 0.5) is 5.69 Å². The van der Waals surface area contributed by atoms with Gasteiger partial charge < -0.3 is 14.8 Å². The van der Waals surface area contributed by atoms with Gasteiger partial charge >= 0.3 is 0 Å². The third kappa shape index (κ3) is 3.44. The van der Waals surface area contributed by atoms with Crippen LogP contribution in [-0.2, 0) is 7.05 Å². The van der Waals surface area contributed by atoms with Crippen molar-refractivity contribution >= 4 is 28.3 Å². The molecule has 5 rings (SSSR count). The second-order valence-corrected chi connectivity index (χ2v) is 8.15. The minimum absolute atomic E-state index is 0.634. The van der Waals surface area contributed by atoms with Gasteiger partial charge in [0.05, 0.1) is 22.3 Å². The second kappa shape index (κ2) is 8.07. The van der Waals surface area contributed by atoms with E-state index in [1.165, 1.54) is 5.69 Å². The van der Waals surface area contributed by atoms with Crippen molar-refractivity contribution in [2.24, 2.45) is 7.05 Å². The molecule has 0 unspecified atom stereocenters. The van der Waals surface area contributed by atoms with Gasteiger partial charge in [-0.15, -0.1) is 0 Å². The number of piperazine rings is 1. The van der Waals surface area contributed by atoms with Crippen LogP contribution in [-0.4, -0.2) is 35.7 Å². The lowest BCUT2D eigenvalue weighted by atomic mass is 9.97.